The van der Waals surface area contributed by atoms with Crippen molar-refractivity contribution in [1.82, 2.24) is 10.2 Å². The van der Waals surface area contributed by atoms with E-state index in [2.05, 4.69) is 37.9 Å². The molecule has 3 aliphatic rings. The minimum atomic E-state index is 0.470. The van der Waals surface area contributed by atoms with E-state index >= 15 is 0 Å². The molecule has 1 saturated heterocycles. The van der Waals surface area contributed by atoms with E-state index < -0.39 is 0 Å². The van der Waals surface area contributed by atoms with Crippen molar-refractivity contribution < 1.29 is 0 Å². The fourth-order valence-corrected chi connectivity index (χ4v) is 5.19. The van der Waals surface area contributed by atoms with E-state index in [1.807, 2.05) is 0 Å². The Kier molecular flexibility index (Phi) is 4.66. The van der Waals surface area contributed by atoms with Crippen molar-refractivity contribution in [2.24, 2.45) is 17.8 Å². The molecule has 0 radical (unpaired) electrons. The van der Waals surface area contributed by atoms with Gasteiger partial charge in [-0.1, -0.05) is 40.5 Å². The quantitative estimate of drug-likeness (QED) is 0.826. The Balaban J connectivity index is 1.74. The van der Waals surface area contributed by atoms with Crippen LogP contribution in [0.4, 0.5) is 0 Å². The minimum absolute atomic E-state index is 0.470. The standard InChI is InChI=1S/C19H36N2/c1-14(2)18-12-20-19(9-5-6-10-19)13-21(18)17-8-7-15(3)16(4)11-17/h14-18,20H,5-13H2,1-4H3. The monoisotopic (exact) mass is 292 g/mol. The van der Waals surface area contributed by atoms with Gasteiger partial charge in [0.25, 0.3) is 0 Å². The second-order valence-electron chi connectivity index (χ2n) is 8.77. The maximum Gasteiger partial charge on any atom is 0.0309 e. The molecule has 0 amide bonds. The largest absolute Gasteiger partial charge is 0.308 e. The van der Waals surface area contributed by atoms with E-state index in [-0.39, 0.29) is 0 Å². The summed E-state index contributed by atoms with van der Waals surface area (Å²) < 4.78 is 0. The molecule has 1 spiro atoms. The van der Waals surface area contributed by atoms with E-state index in [0.717, 1.165) is 29.8 Å². The minimum Gasteiger partial charge on any atom is -0.308 e. The molecule has 1 N–H and O–H groups in total. The number of nitrogens with zero attached hydrogens (tertiary/aromatic N) is 1. The van der Waals surface area contributed by atoms with Crippen LogP contribution in [0.2, 0.25) is 0 Å². The maximum absolute atomic E-state index is 3.97. The van der Waals surface area contributed by atoms with Crippen LogP contribution >= 0.6 is 0 Å². The molecule has 2 heteroatoms. The van der Waals surface area contributed by atoms with Crippen LogP contribution in [-0.2, 0) is 0 Å². The first-order valence-electron chi connectivity index (χ1n) is 9.51. The van der Waals surface area contributed by atoms with E-state index in [1.54, 1.807) is 0 Å². The lowest BCUT2D eigenvalue weighted by molar-refractivity contribution is -0.00448. The molecule has 0 aromatic rings. The summed E-state index contributed by atoms with van der Waals surface area (Å²) >= 11 is 0. The van der Waals surface area contributed by atoms with Gasteiger partial charge in [-0.3, -0.25) is 4.90 Å². The summed E-state index contributed by atoms with van der Waals surface area (Å²) in [6.45, 7) is 12.3. The highest BCUT2D eigenvalue weighted by atomic mass is 15.3. The average molecular weight is 293 g/mol. The molecule has 2 saturated carbocycles. The van der Waals surface area contributed by atoms with Gasteiger partial charge < -0.3 is 5.32 Å². The van der Waals surface area contributed by atoms with Crippen LogP contribution in [0, 0.1) is 17.8 Å². The van der Waals surface area contributed by atoms with E-state index in [0.29, 0.717) is 5.54 Å². The first-order chi connectivity index (χ1) is 10.0. The van der Waals surface area contributed by atoms with Gasteiger partial charge in [0, 0.05) is 30.7 Å². The van der Waals surface area contributed by atoms with Crippen LogP contribution in [0.3, 0.4) is 0 Å². The van der Waals surface area contributed by atoms with Crippen LogP contribution in [0.25, 0.3) is 0 Å². The summed E-state index contributed by atoms with van der Waals surface area (Å²) in [4.78, 5) is 2.95. The molecule has 4 unspecified atom stereocenters. The lowest BCUT2D eigenvalue weighted by atomic mass is 9.76. The van der Waals surface area contributed by atoms with Crippen molar-refractivity contribution in [2.45, 2.75) is 90.3 Å². The zero-order chi connectivity index (χ0) is 15.0. The Morgan fingerprint density at radius 2 is 1.76 bits per heavy atom. The van der Waals surface area contributed by atoms with Gasteiger partial charge in [0.1, 0.15) is 0 Å². The van der Waals surface area contributed by atoms with E-state index in [1.165, 1.54) is 58.0 Å². The molecular formula is C19H36N2. The maximum atomic E-state index is 3.97. The highest BCUT2D eigenvalue weighted by molar-refractivity contribution is 5.03. The molecule has 1 heterocycles. The highest BCUT2D eigenvalue weighted by Gasteiger charge is 2.44. The summed E-state index contributed by atoms with van der Waals surface area (Å²) in [6, 6.07) is 1.60. The summed E-state index contributed by atoms with van der Waals surface area (Å²) in [5, 5.41) is 3.97. The predicted molar refractivity (Wildman–Crippen MR) is 90.5 cm³/mol. The third-order valence-corrected chi connectivity index (χ3v) is 6.97. The van der Waals surface area contributed by atoms with Crippen LogP contribution in [0.5, 0.6) is 0 Å². The predicted octanol–water partition coefficient (Wildman–Crippen LogP) is 4.05. The molecule has 0 bridgehead atoms. The van der Waals surface area contributed by atoms with Crippen molar-refractivity contribution in [3.05, 3.63) is 0 Å². The lowest BCUT2D eigenvalue weighted by Crippen LogP contribution is -2.66. The lowest BCUT2D eigenvalue weighted by Gasteiger charge is -2.52. The van der Waals surface area contributed by atoms with E-state index in [9.17, 15) is 0 Å². The second-order valence-corrected chi connectivity index (χ2v) is 8.77. The van der Waals surface area contributed by atoms with E-state index in [4.69, 9.17) is 0 Å². The number of piperazine rings is 1. The van der Waals surface area contributed by atoms with Gasteiger partial charge >= 0.3 is 0 Å². The number of hydrogen-bond acceptors (Lipinski definition) is 2. The van der Waals surface area contributed by atoms with Crippen LogP contribution in [-0.4, -0.2) is 35.6 Å². The molecule has 122 valence electrons. The Hall–Kier alpha value is -0.0800. The van der Waals surface area contributed by atoms with Gasteiger partial charge in [-0.05, 0) is 49.9 Å². The van der Waals surface area contributed by atoms with Gasteiger partial charge in [-0.25, -0.2) is 0 Å². The second kappa shape index (κ2) is 6.20. The Labute approximate surface area is 132 Å². The summed E-state index contributed by atoms with van der Waals surface area (Å²) in [5.41, 5.74) is 0.470. The first kappa shape index (κ1) is 15.8. The zero-order valence-electron chi connectivity index (χ0n) is 14.7. The van der Waals surface area contributed by atoms with Crippen molar-refractivity contribution >= 4 is 0 Å². The molecule has 2 aliphatic carbocycles. The number of hydrogen-bond donors (Lipinski definition) is 1. The first-order valence-corrected chi connectivity index (χ1v) is 9.51. The van der Waals surface area contributed by atoms with Crippen molar-refractivity contribution in [3.8, 4) is 0 Å². The smallest absolute Gasteiger partial charge is 0.0309 e. The average Bonchev–Trinajstić information content (AvgIpc) is 2.89. The molecule has 21 heavy (non-hydrogen) atoms. The molecule has 0 aromatic carbocycles. The van der Waals surface area contributed by atoms with Gasteiger partial charge in [0.15, 0.2) is 0 Å². The molecule has 2 nitrogen and oxygen atoms in total. The SMILES string of the molecule is CC(C)C1CNC2(CCCC2)CN1C1CCC(C)C(C)C1. The van der Waals surface area contributed by atoms with Crippen LogP contribution < -0.4 is 5.32 Å². The number of rotatable bonds is 2. The molecule has 3 rings (SSSR count). The summed E-state index contributed by atoms with van der Waals surface area (Å²) in [5.74, 6) is 2.61. The number of nitrogens with one attached hydrogen (secondary N) is 1. The summed E-state index contributed by atoms with van der Waals surface area (Å²) in [6.07, 6.45) is 10.00. The third kappa shape index (κ3) is 3.17. The van der Waals surface area contributed by atoms with Crippen molar-refractivity contribution in [3.63, 3.8) is 0 Å². The normalized spacial score (nSPS) is 41.0. The molecule has 4 atom stereocenters. The van der Waals surface area contributed by atoms with Gasteiger partial charge in [0.05, 0.1) is 0 Å². The zero-order valence-corrected chi connectivity index (χ0v) is 14.7. The third-order valence-electron chi connectivity index (χ3n) is 6.97. The fourth-order valence-electron chi connectivity index (χ4n) is 5.19. The summed E-state index contributed by atoms with van der Waals surface area (Å²) in [7, 11) is 0. The Morgan fingerprint density at radius 3 is 2.38 bits per heavy atom. The molecule has 3 fully saturated rings. The highest BCUT2D eigenvalue weighted by Crippen LogP contribution is 2.39. The van der Waals surface area contributed by atoms with Crippen molar-refractivity contribution in [1.29, 1.82) is 0 Å². The molecule has 0 aromatic heterocycles. The van der Waals surface area contributed by atoms with Crippen molar-refractivity contribution in [2.75, 3.05) is 13.1 Å². The molecule has 1 aliphatic heterocycles. The van der Waals surface area contributed by atoms with Crippen LogP contribution in [0.15, 0.2) is 0 Å². The molecular weight excluding hydrogens is 256 g/mol. The topological polar surface area (TPSA) is 15.3 Å². The fraction of sp³-hybridized carbons (Fsp3) is 1.00. The van der Waals surface area contributed by atoms with Crippen LogP contribution in [0.1, 0.15) is 72.6 Å². The van der Waals surface area contributed by atoms with Gasteiger partial charge in [0.2, 0.25) is 0 Å². The Morgan fingerprint density at radius 1 is 1.05 bits per heavy atom. The van der Waals surface area contributed by atoms with Gasteiger partial charge in [-0.15, -0.1) is 0 Å². The Bertz CT molecular complexity index is 345. The van der Waals surface area contributed by atoms with Gasteiger partial charge in [-0.2, -0.15) is 0 Å².